The number of pyridine rings is 1. The van der Waals surface area contributed by atoms with Gasteiger partial charge in [-0.05, 0) is 31.9 Å². The highest BCUT2D eigenvalue weighted by Crippen LogP contribution is 2.24. The molecule has 1 amide bonds. The third kappa shape index (κ3) is 3.97. The van der Waals surface area contributed by atoms with Crippen molar-refractivity contribution in [2.45, 2.75) is 32.7 Å². The quantitative estimate of drug-likeness (QED) is 0.699. The fourth-order valence-corrected chi connectivity index (χ4v) is 3.26. The normalized spacial score (nSPS) is 12.1. The van der Waals surface area contributed by atoms with Crippen molar-refractivity contribution in [3.8, 4) is 0 Å². The number of carboxylic acid groups (broad SMARTS) is 1. The molecule has 3 rings (SSSR count). The summed E-state index contributed by atoms with van der Waals surface area (Å²) in [4.78, 5) is 28.6. The monoisotopic (exact) mass is 366 g/mol. The molecule has 0 aliphatic heterocycles. The largest absolute Gasteiger partial charge is 0.481 e. The number of hydrogen-bond acceptors (Lipinski definition) is 4. The molecule has 0 saturated heterocycles. The van der Waals surface area contributed by atoms with E-state index in [1.807, 2.05) is 44.2 Å². The number of amides is 1. The van der Waals surface area contributed by atoms with E-state index in [1.54, 1.807) is 17.8 Å². The Bertz CT molecular complexity index is 995. The van der Waals surface area contributed by atoms with Gasteiger partial charge in [-0.15, -0.1) is 0 Å². The Morgan fingerprint density at radius 1 is 1.22 bits per heavy atom. The van der Waals surface area contributed by atoms with E-state index in [9.17, 15) is 9.59 Å². The summed E-state index contributed by atoms with van der Waals surface area (Å²) in [6.45, 7) is 3.67. The average molecular weight is 366 g/mol. The highest BCUT2D eigenvalue weighted by Gasteiger charge is 2.21. The maximum atomic E-state index is 13.1. The molecule has 2 aromatic heterocycles. The van der Waals surface area contributed by atoms with E-state index in [4.69, 9.17) is 5.11 Å². The molecule has 0 fully saturated rings. The van der Waals surface area contributed by atoms with E-state index in [-0.39, 0.29) is 12.3 Å². The number of aromatic nitrogens is 3. The SMILES string of the molecule is Cc1cc(C(=O)NC(CCC(=O)O)c2ccccc2)c2c(C)nn(C)c2n1. The second kappa shape index (κ2) is 7.57. The summed E-state index contributed by atoms with van der Waals surface area (Å²) in [6.07, 6.45) is 0.279. The maximum absolute atomic E-state index is 13.1. The van der Waals surface area contributed by atoms with Gasteiger partial charge in [-0.1, -0.05) is 30.3 Å². The lowest BCUT2D eigenvalue weighted by molar-refractivity contribution is -0.137. The Hall–Kier alpha value is -3.22. The van der Waals surface area contributed by atoms with Gasteiger partial charge in [0.15, 0.2) is 5.65 Å². The summed E-state index contributed by atoms with van der Waals surface area (Å²) in [6, 6.07) is 10.7. The van der Waals surface area contributed by atoms with Crippen LogP contribution in [-0.4, -0.2) is 31.7 Å². The summed E-state index contributed by atoms with van der Waals surface area (Å²) in [5.41, 5.74) is 3.47. The lowest BCUT2D eigenvalue weighted by atomic mass is 10.0. The van der Waals surface area contributed by atoms with Gasteiger partial charge in [-0.2, -0.15) is 5.10 Å². The minimum Gasteiger partial charge on any atom is -0.481 e. The predicted octanol–water partition coefficient (Wildman–Crippen LogP) is 2.92. The number of carboxylic acids is 1. The van der Waals surface area contributed by atoms with Gasteiger partial charge in [0.05, 0.1) is 22.7 Å². The molecule has 140 valence electrons. The number of aryl methyl sites for hydroxylation is 3. The van der Waals surface area contributed by atoms with Crippen LogP contribution in [0.1, 0.15) is 46.2 Å². The molecule has 27 heavy (non-hydrogen) atoms. The molecular weight excluding hydrogens is 344 g/mol. The zero-order valence-corrected chi connectivity index (χ0v) is 15.6. The first-order valence-corrected chi connectivity index (χ1v) is 8.75. The molecule has 2 heterocycles. The standard InChI is InChI=1S/C20H22N4O3/c1-12-11-15(18-13(2)23-24(3)19(18)21-12)20(27)22-16(9-10-17(25)26)14-7-5-4-6-8-14/h4-8,11,16H,9-10H2,1-3H3,(H,22,27)(H,25,26). The molecule has 1 atom stereocenters. The van der Waals surface area contributed by atoms with Crippen LogP contribution in [0.2, 0.25) is 0 Å². The second-order valence-corrected chi connectivity index (χ2v) is 6.59. The van der Waals surface area contributed by atoms with Crippen molar-refractivity contribution in [3.63, 3.8) is 0 Å². The van der Waals surface area contributed by atoms with Gasteiger partial charge in [-0.25, -0.2) is 4.98 Å². The summed E-state index contributed by atoms with van der Waals surface area (Å²) >= 11 is 0. The van der Waals surface area contributed by atoms with Crippen LogP contribution in [0.15, 0.2) is 36.4 Å². The van der Waals surface area contributed by atoms with E-state index in [1.165, 1.54) is 0 Å². The van der Waals surface area contributed by atoms with E-state index < -0.39 is 12.0 Å². The highest BCUT2D eigenvalue weighted by molar-refractivity contribution is 6.06. The highest BCUT2D eigenvalue weighted by atomic mass is 16.4. The van der Waals surface area contributed by atoms with Crippen molar-refractivity contribution in [1.82, 2.24) is 20.1 Å². The minimum absolute atomic E-state index is 0.0312. The summed E-state index contributed by atoms with van der Waals surface area (Å²) in [5, 5.41) is 17.1. The van der Waals surface area contributed by atoms with Gasteiger partial charge in [0, 0.05) is 19.2 Å². The summed E-state index contributed by atoms with van der Waals surface area (Å²) in [7, 11) is 1.79. The van der Waals surface area contributed by atoms with Gasteiger partial charge in [-0.3, -0.25) is 14.3 Å². The lowest BCUT2D eigenvalue weighted by Gasteiger charge is -2.19. The van der Waals surface area contributed by atoms with Crippen LogP contribution < -0.4 is 5.32 Å². The number of carbonyl (C=O) groups excluding carboxylic acids is 1. The van der Waals surface area contributed by atoms with Crippen LogP contribution in [0.4, 0.5) is 0 Å². The average Bonchev–Trinajstić information content (AvgIpc) is 2.92. The van der Waals surface area contributed by atoms with E-state index in [0.29, 0.717) is 23.0 Å². The van der Waals surface area contributed by atoms with Crippen molar-refractivity contribution in [2.24, 2.45) is 7.05 Å². The van der Waals surface area contributed by atoms with Crippen LogP contribution in [0, 0.1) is 13.8 Å². The number of nitrogens with one attached hydrogen (secondary N) is 1. The minimum atomic E-state index is -0.893. The molecule has 0 saturated carbocycles. The zero-order chi connectivity index (χ0) is 19.6. The van der Waals surface area contributed by atoms with Gasteiger partial charge in [0.25, 0.3) is 5.91 Å². The van der Waals surface area contributed by atoms with Crippen molar-refractivity contribution in [2.75, 3.05) is 0 Å². The second-order valence-electron chi connectivity index (χ2n) is 6.59. The molecule has 0 aliphatic rings. The fourth-order valence-electron chi connectivity index (χ4n) is 3.26. The van der Waals surface area contributed by atoms with Crippen LogP contribution in [0.25, 0.3) is 11.0 Å². The first kappa shape index (κ1) is 18.6. The molecule has 7 nitrogen and oxygen atoms in total. The smallest absolute Gasteiger partial charge is 0.303 e. The lowest BCUT2D eigenvalue weighted by Crippen LogP contribution is -2.29. The van der Waals surface area contributed by atoms with Crippen molar-refractivity contribution in [3.05, 3.63) is 58.9 Å². The first-order valence-electron chi connectivity index (χ1n) is 8.75. The molecule has 2 N–H and O–H groups in total. The Labute approximate surface area is 157 Å². The number of hydrogen-bond donors (Lipinski definition) is 2. The van der Waals surface area contributed by atoms with Crippen LogP contribution in [0.3, 0.4) is 0 Å². The summed E-state index contributed by atoms with van der Waals surface area (Å²) in [5.74, 6) is -1.16. The maximum Gasteiger partial charge on any atom is 0.303 e. The molecule has 1 aromatic carbocycles. The molecule has 3 aromatic rings. The predicted molar refractivity (Wildman–Crippen MR) is 102 cm³/mol. The molecular formula is C20H22N4O3. The molecule has 0 radical (unpaired) electrons. The first-order chi connectivity index (χ1) is 12.9. The zero-order valence-electron chi connectivity index (χ0n) is 15.6. The van der Waals surface area contributed by atoms with Crippen molar-refractivity contribution >= 4 is 22.9 Å². The third-order valence-corrected chi connectivity index (χ3v) is 4.50. The number of benzene rings is 1. The number of carbonyl (C=O) groups is 2. The van der Waals surface area contributed by atoms with Gasteiger partial charge in [0.2, 0.25) is 0 Å². The van der Waals surface area contributed by atoms with Crippen LogP contribution >= 0.6 is 0 Å². The van der Waals surface area contributed by atoms with Crippen LogP contribution in [0.5, 0.6) is 0 Å². The molecule has 0 spiro atoms. The topological polar surface area (TPSA) is 97.1 Å². The molecule has 7 heteroatoms. The van der Waals surface area contributed by atoms with E-state index in [0.717, 1.165) is 17.0 Å². The van der Waals surface area contributed by atoms with Gasteiger partial charge >= 0.3 is 5.97 Å². The van der Waals surface area contributed by atoms with E-state index in [2.05, 4.69) is 15.4 Å². The number of fused-ring (bicyclic) bond motifs is 1. The van der Waals surface area contributed by atoms with Gasteiger partial charge in [0.1, 0.15) is 0 Å². The summed E-state index contributed by atoms with van der Waals surface area (Å²) < 4.78 is 1.66. The van der Waals surface area contributed by atoms with Crippen LogP contribution in [-0.2, 0) is 11.8 Å². The molecule has 1 unspecified atom stereocenters. The molecule has 0 aliphatic carbocycles. The number of aliphatic carboxylic acids is 1. The van der Waals surface area contributed by atoms with Crippen molar-refractivity contribution in [1.29, 1.82) is 0 Å². The third-order valence-electron chi connectivity index (χ3n) is 4.50. The number of nitrogens with zero attached hydrogens (tertiary/aromatic N) is 3. The number of rotatable bonds is 6. The Kier molecular flexibility index (Phi) is 5.21. The Balaban J connectivity index is 1.96. The van der Waals surface area contributed by atoms with Gasteiger partial charge < -0.3 is 10.4 Å². The molecule has 0 bridgehead atoms. The Morgan fingerprint density at radius 3 is 2.59 bits per heavy atom. The van der Waals surface area contributed by atoms with Crippen molar-refractivity contribution < 1.29 is 14.7 Å². The van der Waals surface area contributed by atoms with E-state index >= 15 is 0 Å². The fraction of sp³-hybridized carbons (Fsp3) is 0.300. The Morgan fingerprint density at radius 2 is 1.93 bits per heavy atom.